The topological polar surface area (TPSA) is 56.9 Å². The van der Waals surface area contributed by atoms with Gasteiger partial charge in [-0.1, -0.05) is 31.5 Å². The van der Waals surface area contributed by atoms with Crippen LogP contribution in [0.5, 0.6) is 0 Å². The second-order valence-electron chi connectivity index (χ2n) is 3.82. The van der Waals surface area contributed by atoms with E-state index in [9.17, 15) is 0 Å². The molecule has 0 spiro atoms. The summed E-state index contributed by atoms with van der Waals surface area (Å²) in [5.74, 6) is 0.175. The molecular weight excluding hydrogens is 188 g/mol. The number of benzene rings is 1. The molecule has 3 heteroatoms. The number of hydrogen-bond acceptors (Lipinski definition) is 3. The fourth-order valence-corrected chi connectivity index (χ4v) is 1.07. The highest BCUT2D eigenvalue weighted by Gasteiger charge is 2.09. The Hall–Kier alpha value is -1.64. The first kappa shape index (κ1) is 11.4. The van der Waals surface area contributed by atoms with Crippen molar-refractivity contribution in [2.75, 3.05) is 0 Å². The lowest BCUT2D eigenvalue weighted by Gasteiger charge is -2.10. The maximum absolute atomic E-state index is 7.69. The van der Waals surface area contributed by atoms with E-state index in [0.29, 0.717) is 5.56 Å². The minimum Gasteiger partial charge on any atom is -0.425 e. The molecule has 15 heavy (non-hydrogen) atoms. The molecule has 3 nitrogen and oxygen atoms in total. The summed E-state index contributed by atoms with van der Waals surface area (Å²) in [7, 11) is 0. The third kappa shape index (κ3) is 3.20. The van der Waals surface area contributed by atoms with Crippen molar-refractivity contribution in [2.45, 2.75) is 20.8 Å². The van der Waals surface area contributed by atoms with Gasteiger partial charge in [0.15, 0.2) is 5.90 Å². The summed E-state index contributed by atoms with van der Waals surface area (Å²) in [6.07, 6.45) is 0. The van der Waals surface area contributed by atoms with Crippen LogP contribution < -0.4 is 0 Å². The van der Waals surface area contributed by atoms with Crippen molar-refractivity contribution in [3.63, 3.8) is 0 Å². The van der Waals surface area contributed by atoms with Crippen LogP contribution in [0.1, 0.15) is 25.0 Å². The number of ether oxygens (including phenoxy) is 1. The van der Waals surface area contributed by atoms with Crippen molar-refractivity contribution in [1.82, 2.24) is 0 Å². The van der Waals surface area contributed by atoms with E-state index in [0.717, 1.165) is 5.56 Å². The minimum atomic E-state index is 0.00941. The normalized spacial score (nSPS) is 10.1. The van der Waals surface area contributed by atoms with Gasteiger partial charge in [-0.2, -0.15) is 0 Å². The van der Waals surface area contributed by atoms with Crippen LogP contribution in [-0.4, -0.2) is 11.8 Å². The zero-order valence-corrected chi connectivity index (χ0v) is 9.29. The van der Waals surface area contributed by atoms with Gasteiger partial charge in [-0.05, 0) is 19.1 Å². The average molecular weight is 204 g/mol. The van der Waals surface area contributed by atoms with E-state index < -0.39 is 0 Å². The third-order valence-corrected chi connectivity index (χ3v) is 2.02. The van der Waals surface area contributed by atoms with Crippen LogP contribution in [-0.2, 0) is 4.74 Å². The molecule has 0 fully saturated rings. The Morgan fingerprint density at radius 2 is 1.93 bits per heavy atom. The van der Waals surface area contributed by atoms with Crippen molar-refractivity contribution < 1.29 is 4.74 Å². The summed E-state index contributed by atoms with van der Waals surface area (Å²) < 4.78 is 5.12. The van der Waals surface area contributed by atoms with Gasteiger partial charge < -0.3 is 4.74 Å². The van der Waals surface area contributed by atoms with Gasteiger partial charge in [-0.15, -0.1) is 0 Å². The average Bonchev–Trinajstić information content (AvgIpc) is 2.17. The molecule has 0 unspecified atom stereocenters. The Kier molecular flexibility index (Phi) is 3.61. The number of rotatable bonds is 2. The Balaban J connectivity index is 2.74. The Morgan fingerprint density at radius 1 is 1.27 bits per heavy atom. The van der Waals surface area contributed by atoms with E-state index in [1.54, 1.807) is 0 Å². The van der Waals surface area contributed by atoms with Crippen molar-refractivity contribution in [2.24, 2.45) is 5.92 Å². The Bertz CT molecular complexity index is 383. The van der Waals surface area contributed by atoms with E-state index in [2.05, 4.69) is 0 Å². The predicted molar refractivity (Wildman–Crippen MR) is 61.7 cm³/mol. The van der Waals surface area contributed by atoms with E-state index in [1.165, 1.54) is 0 Å². The minimum absolute atomic E-state index is 0.00941. The summed E-state index contributed by atoms with van der Waals surface area (Å²) in [5.41, 5.74) is 1.79. The maximum Gasteiger partial charge on any atom is 0.220 e. The van der Waals surface area contributed by atoms with Crippen LogP contribution in [0, 0.1) is 23.7 Å². The summed E-state index contributed by atoms with van der Waals surface area (Å²) >= 11 is 0. The molecule has 0 aliphatic carbocycles. The molecule has 1 aromatic rings. The van der Waals surface area contributed by atoms with Crippen LogP contribution in [0.2, 0.25) is 0 Å². The highest BCUT2D eigenvalue weighted by Crippen LogP contribution is 2.07. The van der Waals surface area contributed by atoms with Crippen molar-refractivity contribution in [3.8, 4) is 0 Å². The fraction of sp³-hybridized carbons (Fsp3) is 0.333. The molecule has 0 radical (unpaired) electrons. The predicted octanol–water partition coefficient (Wildman–Crippen LogP) is 2.97. The van der Waals surface area contributed by atoms with Crippen LogP contribution >= 0.6 is 0 Å². The molecule has 0 amide bonds. The zero-order chi connectivity index (χ0) is 11.4. The van der Waals surface area contributed by atoms with Crippen molar-refractivity contribution >= 4 is 11.8 Å². The molecule has 0 aliphatic heterocycles. The fourth-order valence-electron chi connectivity index (χ4n) is 1.07. The van der Waals surface area contributed by atoms with Gasteiger partial charge >= 0.3 is 0 Å². The standard InChI is InChI=1S/C12H16N2O/c1-8(2)11(13)15-12(14)10-6-4-5-9(3)7-10/h4-8,13-14H,1-3H3. The Labute approximate surface area is 90.1 Å². The van der Waals surface area contributed by atoms with Gasteiger partial charge in [0, 0.05) is 11.5 Å². The quantitative estimate of drug-likeness (QED) is 0.564. The molecule has 1 rings (SSSR count). The van der Waals surface area contributed by atoms with Gasteiger partial charge in [-0.3, -0.25) is 10.8 Å². The van der Waals surface area contributed by atoms with Crippen LogP contribution in [0.15, 0.2) is 24.3 Å². The van der Waals surface area contributed by atoms with Crippen LogP contribution in [0.4, 0.5) is 0 Å². The molecule has 0 aliphatic rings. The summed E-state index contributed by atoms with van der Waals surface area (Å²) in [6, 6.07) is 7.52. The number of nitrogens with one attached hydrogen (secondary N) is 2. The van der Waals surface area contributed by atoms with Gasteiger partial charge in [0.25, 0.3) is 0 Å². The number of aryl methyl sites for hydroxylation is 1. The molecular formula is C12H16N2O. The van der Waals surface area contributed by atoms with E-state index in [4.69, 9.17) is 15.6 Å². The maximum atomic E-state index is 7.69. The van der Waals surface area contributed by atoms with Crippen LogP contribution in [0.3, 0.4) is 0 Å². The number of hydrogen-bond donors (Lipinski definition) is 2. The molecule has 80 valence electrons. The summed E-state index contributed by atoms with van der Waals surface area (Å²) in [5, 5.41) is 15.2. The SMILES string of the molecule is Cc1cccc(C(=N)OC(=N)C(C)C)c1. The first-order valence-corrected chi connectivity index (χ1v) is 4.92. The lowest BCUT2D eigenvalue weighted by atomic mass is 10.1. The molecule has 0 aromatic heterocycles. The van der Waals surface area contributed by atoms with Gasteiger partial charge in [0.05, 0.1) is 0 Å². The van der Waals surface area contributed by atoms with Gasteiger partial charge in [0.2, 0.25) is 5.90 Å². The zero-order valence-electron chi connectivity index (χ0n) is 9.29. The molecule has 0 saturated carbocycles. The summed E-state index contributed by atoms with van der Waals surface area (Å²) in [4.78, 5) is 0. The molecule has 0 bridgehead atoms. The molecule has 0 atom stereocenters. The molecule has 1 aromatic carbocycles. The lowest BCUT2D eigenvalue weighted by Crippen LogP contribution is -2.16. The monoisotopic (exact) mass is 204 g/mol. The van der Waals surface area contributed by atoms with E-state index in [1.807, 2.05) is 45.0 Å². The van der Waals surface area contributed by atoms with Gasteiger partial charge in [-0.25, -0.2) is 0 Å². The van der Waals surface area contributed by atoms with Crippen LogP contribution in [0.25, 0.3) is 0 Å². The first-order chi connectivity index (χ1) is 7.00. The smallest absolute Gasteiger partial charge is 0.220 e. The molecule has 0 heterocycles. The largest absolute Gasteiger partial charge is 0.425 e. The van der Waals surface area contributed by atoms with Crippen molar-refractivity contribution in [1.29, 1.82) is 10.8 Å². The second-order valence-corrected chi connectivity index (χ2v) is 3.82. The van der Waals surface area contributed by atoms with E-state index in [-0.39, 0.29) is 17.7 Å². The summed E-state index contributed by atoms with van der Waals surface area (Å²) in [6.45, 7) is 5.70. The Morgan fingerprint density at radius 3 is 2.47 bits per heavy atom. The van der Waals surface area contributed by atoms with Crippen molar-refractivity contribution in [3.05, 3.63) is 35.4 Å². The highest BCUT2D eigenvalue weighted by atomic mass is 16.5. The highest BCUT2D eigenvalue weighted by molar-refractivity contribution is 5.99. The third-order valence-electron chi connectivity index (χ3n) is 2.02. The second kappa shape index (κ2) is 4.73. The van der Waals surface area contributed by atoms with Gasteiger partial charge in [0.1, 0.15) is 0 Å². The molecule has 2 N–H and O–H groups in total. The molecule has 0 saturated heterocycles. The van der Waals surface area contributed by atoms with E-state index >= 15 is 0 Å². The lowest BCUT2D eigenvalue weighted by molar-refractivity contribution is 0.491. The first-order valence-electron chi connectivity index (χ1n) is 4.92.